The van der Waals surface area contributed by atoms with Crippen molar-refractivity contribution in [3.63, 3.8) is 0 Å². The lowest BCUT2D eigenvalue weighted by Crippen LogP contribution is -2.39. The highest BCUT2D eigenvalue weighted by Gasteiger charge is 2.35. The van der Waals surface area contributed by atoms with Crippen LogP contribution in [-0.4, -0.2) is 25.7 Å². The number of fused-ring (bicyclic) bond motifs is 1. The van der Waals surface area contributed by atoms with E-state index in [4.69, 9.17) is 0 Å². The SMILES string of the molecule is CNCCC1Cc2cc(C(F)(F)F)ccc2N1C(C)C. The van der Waals surface area contributed by atoms with Gasteiger partial charge in [-0.15, -0.1) is 0 Å². The molecule has 1 aliphatic rings. The van der Waals surface area contributed by atoms with Crippen LogP contribution >= 0.6 is 0 Å². The molecule has 0 spiro atoms. The third kappa shape index (κ3) is 2.92. The molecule has 1 atom stereocenters. The van der Waals surface area contributed by atoms with E-state index in [1.54, 1.807) is 6.07 Å². The van der Waals surface area contributed by atoms with E-state index in [9.17, 15) is 13.2 Å². The van der Waals surface area contributed by atoms with Gasteiger partial charge in [0.1, 0.15) is 0 Å². The largest absolute Gasteiger partial charge is 0.416 e. The van der Waals surface area contributed by atoms with Crippen LogP contribution in [0, 0.1) is 0 Å². The van der Waals surface area contributed by atoms with Gasteiger partial charge in [-0.05, 0) is 64.0 Å². The summed E-state index contributed by atoms with van der Waals surface area (Å²) < 4.78 is 38.4. The van der Waals surface area contributed by atoms with Crippen LogP contribution in [0.25, 0.3) is 0 Å². The van der Waals surface area contributed by atoms with E-state index in [0.717, 1.165) is 24.2 Å². The molecule has 2 rings (SSSR count). The quantitative estimate of drug-likeness (QED) is 0.912. The van der Waals surface area contributed by atoms with Gasteiger partial charge in [0.15, 0.2) is 0 Å². The van der Waals surface area contributed by atoms with Gasteiger partial charge in [-0.2, -0.15) is 13.2 Å². The first-order valence-electron chi connectivity index (χ1n) is 6.97. The van der Waals surface area contributed by atoms with Crippen molar-refractivity contribution in [2.75, 3.05) is 18.5 Å². The molecule has 1 aliphatic heterocycles. The van der Waals surface area contributed by atoms with Crippen LogP contribution in [0.1, 0.15) is 31.4 Å². The number of rotatable bonds is 4. The summed E-state index contributed by atoms with van der Waals surface area (Å²) in [4.78, 5) is 2.24. The second-order valence-corrected chi connectivity index (χ2v) is 5.59. The summed E-state index contributed by atoms with van der Waals surface area (Å²) in [5, 5.41) is 3.11. The van der Waals surface area contributed by atoms with Crippen molar-refractivity contribution in [3.05, 3.63) is 29.3 Å². The van der Waals surface area contributed by atoms with Gasteiger partial charge >= 0.3 is 6.18 Å². The van der Waals surface area contributed by atoms with E-state index < -0.39 is 11.7 Å². The van der Waals surface area contributed by atoms with Gasteiger partial charge in [0.2, 0.25) is 0 Å². The fourth-order valence-electron chi connectivity index (χ4n) is 2.98. The Morgan fingerprint density at radius 3 is 2.60 bits per heavy atom. The molecular formula is C15H21F3N2. The third-order valence-electron chi connectivity index (χ3n) is 3.82. The topological polar surface area (TPSA) is 15.3 Å². The number of halogens is 3. The predicted molar refractivity (Wildman–Crippen MR) is 75.1 cm³/mol. The minimum Gasteiger partial charge on any atom is -0.366 e. The molecule has 2 nitrogen and oxygen atoms in total. The molecule has 0 saturated carbocycles. The van der Waals surface area contributed by atoms with Gasteiger partial charge in [0.25, 0.3) is 0 Å². The Balaban J connectivity index is 2.30. The van der Waals surface area contributed by atoms with E-state index in [1.807, 2.05) is 7.05 Å². The normalized spacial score (nSPS) is 18.8. The summed E-state index contributed by atoms with van der Waals surface area (Å²) in [6.07, 6.45) is -2.63. The molecule has 112 valence electrons. The molecule has 0 fully saturated rings. The van der Waals surface area contributed by atoms with Crippen LogP contribution in [0.2, 0.25) is 0 Å². The zero-order valence-electron chi connectivity index (χ0n) is 12.1. The molecule has 5 heteroatoms. The van der Waals surface area contributed by atoms with Gasteiger partial charge in [-0.25, -0.2) is 0 Å². The number of benzene rings is 1. The Kier molecular flexibility index (Phi) is 4.28. The molecule has 0 amide bonds. The zero-order chi connectivity index (χ0) is 14.9. The van der Waals surface area contributed by atoms with Crippen molar-refractivity contribution >= 4 is 5.69 Å². The molecule has 0 aliphatic carbocycles. The predicted octanol–water partition coefficient (Wildman–Crippen LogP) is 3.45. The van der Waals surface area contributed by atoms with E-state index >= 15 is 0 Å². The van der Waals surface area contributed by atoms with Gasteiger partial charge in [0.05, 0.1) is 5.56 Å². The molecule has 20 heavy (non-hydrogen) atoms. The minimum absolute atomic E-state index is 0.279. The standard InChI is InChI=1S/C15H21F3N2/c1-10(2)20-13(6-7-19-3)9-11-8-12(15(16,17)18)4-5-14(11)20/h4-5,8,10,13,19H,6-7,9H2,1-3H3. The molecule has 1 aromatic carbocycles. The highest BCUT2D eigenvalue weighted by Crippen LogP contribution is 2.39. The first-order valence-corrected chi connectivity index (χ1v) is 6.97. The zero-order valence-corrected chi connectivity index (χ0v) is 12.1. The summed E-state index contributed by atoms with van der Waals surface area (Å²) in [5.41, 5.74) is 1.22. The number of nitrogens with one attached hydrogen (secondary N) is 1. The first-order chi connectivity index (χ1) is 9.34. The number of alkyl halides is 3. The minimum atomic E-state index is -4.26. The second kappa shape index (κ2) is 5.64. The van der Waals surface area contributed by atoms with Crippen molar-refractivity contribution in [3.8, 4) is 0 Å². The maximum atomic E-state index is 12.8. The monoisotopic (exact) mass is 286 g/mol. The van der Waals surface area contributed by atoms with E-state index in [0.29, 0.717) is 6.42 Å². The van der Waals surface area contributed by atoms with Gasteiger partial charge < -0.3 is 10.2 Å². The molecule has 1 heterocycles. The van der Waals surface area contributed by atoms with Crippen molar-refractivity contribution in [2.24, 2.45) is 0 Å². The lowest BCUT2D eigenvalue weighted by molar-refractivity contribution is -0.137. The molecule has 0 bridgehead atoms. The lowest BCUT2D eigenvalue weighted by Gasteiger charge is -2.31. The van der Waals surface area contributed by atoms with Crippen LogP contribution in [0.5, 0.6) is 0 Å². The number of hydrogen-bond acceptors (Lipinski definition) is 2. The second-order valence-electron chi connectivity index (χ2n) is 5.59. The van der Waals surface area contributed by atoms with Crippen LogP contribution in [-0.2, 0) is 12.6 Å². The molecule has 0 radical (unpaired) electrons. The number of anilines is 1. The average Bonchev–Trinajstić information content (AvgIpc) is 2.72. The summed E-state index contributed by atoms with van der Waals surface area (Å²) in [6.45, 7) is 5.03. The van der Waals surface area contributed by atoms with E-state index in [2.05, 4.69) is 24.1 Å². The van der Waals surface area contributed by atoms with E-state index in [-0.39, 0.29) is 12.1 Å². The molecule has 1 unspecified atom stereocenters. The van der Waals surface area contributed by atoms with Crippen LogP contribution < -0.4 is 10.2 Å². The maximum absolute atomic E-state index is 12.8. The van der Waals surface area contributed by atoms with Crippen molar-refractivity contribution in [1.82, 2.24) is 5.32 Å². The Labute approximate surface area is 118 Å². The summed E-state index contributed by atoms with van der Waals surface area (Å²) in [6, 6.07) is 4.69. The lowest BCUT2D eigenvalue weighted by atomic mass is 10.0. The van der Waals surface area contributed by atoms with Gasteiger partial charge in [-0.1, -0.05) is 0 Å². The Bertz CT molecular complexity index is 469. The Morgan fingerprint density at radius 2 is 2.05 bits per heavy atom. The summed E-state index contributed by atoms with van der Waals surface area (Å²) >= 11 is 0. The fourth-order valence-corrected chi connectivity index (χ4v) is 2.98. The van der Waals surface area contributed by atoms with Crippen LogP contribution in [0.4, 0.5) is 18.9 Å². The fraction of sp³-hybridized carbons (Fsp3) is 0.600. The van der Waals surface area contributed by atoms with Crippen LogP contribution in [0.3, 0.4) is 0 Å². The maximum Gasteiger partial charge on any atom is 0.416 e. The van der Waals surface area contributed by atoms with Gasteiger partial charge in [0, 0.05) is 17.8 Å². The van der Waals surface area contributed by atoms with E-state index in [1.165, 1.54) is 12.1 Å². The summed E-state index contributed by atoms with van der Waals surface area (Å²) in [7, 11) is 1.89. The molecule has 0 saturated heterocycles. The molecular weight excluding hydrogens is 265 g/mol. The molecule has 1 aromatic rings. The highest BCUT2D eigenvalue weighted by atomic mass is 19.4. The molecule has 0 aromatic heterocycles. The van der Waals surface area contributed by atoms with Crippen molar-refractivity contribution in [2.45, 2.75) is 44.9 Å². The Morgan fingerprint density at radius 1 is 1.35 bits per heavy atom. The highest BCUT2D eigenvalue weighted by molar-refractivity contribution is 5.61. The van der Waals surface area contributed by atoms with Crippen molar-refractivity contribution < 1.29 is 13.2 Å². The van der Waals surface area contributed by atoms with Crippen molar-refractivity contribution in [1.29, 1.82) is 0 Å². The van der Waals surface area contributed by atoms with Crippen LogP contribution in [0.15, 0.2) is 18.2 Å². The Hall–Kier alpha value is -1.23. The first kappa shape index (κ1) is 15.2. The average molecular weight is 286 g/mol. The number of hydrogen-bond donors (Lipinski definition) is 1. The third-order valence-corrected chi connectivity index (χ3v) is 3.82. The smallest absolute Gasteiger partial charge is 0.366 e. The molecule has 1 N–H and O–H groups in total. The number of nitrogens with zero attached hydrogens (tertiary/aromatic N) is 1. The summed E-state index contributed by atoms with van der Waals surface area (Å²) in [5.74, 6) is 0. The van der Waals surface area contributed by atoms with Gasteiger partial charge in [-0.3, -0.25) is 0 Å².